The van der Waals surface area contributed by atoms with Crippen molar-refractivity contribution in [3.63, 3.8) is 0 Å². The van der Waals surface area contributed by atoms with Crippen LogP contribution in [-0.4, -0.2) is 49.9 Å². The van der Waals surface area contributed by atoms with Crippen LogP contribution in [0.3, 0.4) is 0 Å². The van der Waals surface area contributed by atoms with Gasteiger partial charge in [-0.05, 0) is 67.6 Å². The highest BCUT2D eigenvalue weighted by Crippen LogP contribution is 2.35. The third kappa shape index (κ3) is 4.94. The lowest BCUT2D eigenvalue weighted by atomic mass is 10.2. The zero-order valence-corrected chi connectivity index (χ0v) is 24.2. The van der Waals surface area contributed by atoms with Crippen LogP contribution < -0.4 is 19.8 Å². The monoisotopic (exact) mass is 615 g/mol. The van der Waals surface area contributed by atoms with Gasteiger partial charge in [0.2, 0.25) is 5.78 Å². The molecule has 1 aliphatic rings. The number of benzene rings is 3. The lowest BCUT2D eigenvalue weighted by Gasteiger charge is -2.18. The van der Waals surface area contributed by atoms with Crippen molar-refractivity contribution >= 4 is 45.6 Å². The molecular weight excluding hydrogens is 594 g/mol. The predicted molar refractivity (Wildman–Crippen MR) is 160 cm³/mol. The first-order valence-electron chi connectivity index (χ1n) is 13.3. The van der Waals surface area contributed by atoms with Crippen LogP contribution in [0.2, 0.25) is 5.02 Å². The van der Waals surface area contributed by atoms with Crippen molar-refractivity contribution in [2.75, 3.05) is 19.8 Å². The van der Waals surface area contributed by atoms with Crippen molar-refractivity contribution in [2.24, 2.45) is 0 Å². The molecule has 0 N–H and O–H groups in total. The molecule has 6 aromatic rings. The maximum Gasteiger partial charge on any atom is 0.358 e. The largest absolute Gasteiger partial charge is 0.494 e. The summed E-state index contributed by atoms with van der Waals surface area (Å²) in [6.07, 6.45) is 0. The van der Waals surface area contributed by atoms with E-state index in [0.717, 1.165) is 5.56 Å². The highest BCUT2D eigenvalue weighted by molar-refractivity contribution is 7.13. The minimum Gasteiger partial charge on any atom is -0.494 e. The van der Waals surface area contributed by atoms with E-state index in [1.807, 2.05) is 25.1 Å². The van der Waals surface area contributed by atoms with Crippen LogP contribution in [0.1, 0.15) is 23.2 Å². The van der Waals surface area contributed by atoms with Gasteiger partial charge in [-0.1, -0.05) is 11.6 Å². The zero-order chi connectivity index (χ0) is 29.5. The number of halogens is 1. The van der Waals surface area contributed by atoms with Gasteiger partial charge in [0.25, 0.3) is 5.56 Å². The Hall–Kier alpha value is -4.94. The van der Waals surface area contributed by atoms with E-state index in [1.165, 1.54) is 15.9 Å². The van der Waals surface area contributed by atoms with Gasteiger partial charge >= 0.3 is 5.97 Å². The average Bonchev–Trinajstić information content (AvgIpc) is 3.69. The molecule has 0 saturated heterocycles. The van der Waals surface area contributed by atoms with E-state index in [2.05, 4.69) is 15.2 Å². The van der Waals surface area contributed by atoms with E-state index in [0.29, 0.717) is 69.5 Å². The lowest BCUT2D eigenvalue weighted by molar-refractivity contribution is 0.0455. The number of aromatic nitrogens is 5. The highest BCUT2D eigenvalue weighted by atomic mass is 35.5. The maximum absolute atomic E-state index is 13.6. The van der Waals surface area contributed by atoms with Gasteiger partial charge in [0.15, 0.2) is 29.6 Å². The smallest absolute Gasteiger partial charge is 0.358 e. The summed E-state index contributed by atoms with van der Waals surface area (Å²) in [5, 5.41) is 11.7. The minimum atomic E-state index is -0.626. The Kier molecular flexibility index (Phi) is 6.92. The van der Waals surface area contributed by atoms with Gasteiger partial charge in [-0.15, -0.1) is 21.5 Å². The van der Waals surface area contributed by atoms with Crippen LogP contribution in [0.15, 0.2) is 70.8 Å². The topological polar surface area (TPSA) is 119 Å². The summed E-state index contributed by atoms with van der Waals surface area (Å²) in [6, 6.07) is 17.6. The summed E-state index contributed by atoms with van der Waals surface area (Å²) in [7, 11) is 0. The molecule has 3 aromatic carbocycles. The van der Waals surface area contributed by atoms with E-state index in [1.54, 1.807) is 52.2 Å². The maximum atomic E-state index is 13.6. The van der Waals surface area contributed by atoms with Crippen molar-refractivity contribution in [1.82, 2.24) is 24.1 Å². The van der Waals surface area contributed by atoms with Crippen molar-refractivity contribution < 1.29 is 23.7 Å². The van der Waals surface area contributed by atoms with Crippen LogP contribution >= 0.6 is 22.9 Å². The van der Waals surface area contributed by atoms with Crippen molar-refractivity contribution in [1.29, 1.82) is 0 Å². The fraction of sp³-hybridized carbons (Fsp3) is 0.167. The van der Waals surface area contributed by atoms with Gasteiger partial charge in [-0.3, -0.25) is 9.20 Å². The highest BCUT2D eigenvalue weighted by Gasteiger charge is 2.21. The average molecular weight is 616 g/mol. The summed E-state index contributed by atoms with van der Waals surface area (Å²) in [6.45, 7) is 3.17. The van der Waals surface area contributed by atoms with Crippen molar-refractivity contribution in [3.8, 4) is 33.5 Å². The summed E-state index contributed by atoms with van der Waals surface area (Å²) in [5.74, 6) is 1.91. The van der Waals surface area contributed by atoms with Crippen LogP contribution in [0.4, 0.5) is 0 Å². The Morgan fingerprint density at radius 1 is 1.02 bits per heavy atom. The first-order chi connectivity index (χ1) is 21.0. The minimum absolute atomic E-state index is 0.155. The third-order valence-electron chi connectivity index (χ3n) is 6.79. The molecule has 0 bridgehead atoms. The Balaban J connectivity index is 1.20. The molecule has 1 aliphatic heterocycles. The number of carbonyl (C=O) groups is 1. The number of rotatable bonds is 7. The molecule has 0 radical (unpaired) electrons. The van der Waals surface area contributed by atoms with Crippen LogP contribution in [0.25, 0.3) is 32.9 Å². The number of ether oxygens (including phenoxy) is 4. The van der Waals surface area contributed by atoms with E-state index in [4.69, 9.17) is 30.5 Å². The van der Waals surface area contributed by atoms with Crippen molar-refractivity contribution in [2.45, 2.75) is 13.5 Å². The molecular formula is C30H22ClN5O6S. The molecule has 11 nitrogen and oxygen atoms in total. The number of fused-ring (bicyclic) bond motifs is 4. The molecule has 216 valence electrons. The molecule has 0 aliphatic carbocycles. The number of thiazole rings is 1. The molecule has 7 rings (SSSR count). The second-order valence-electron chi connectivity index (χ2n) is 9.45. The first kappa shape index (κ1) is 26.9. The number of esters is 1. The van der Waals surface area contributed by atoms with Gasteiger partial charge in [-0.25, -0.2) is 14.3 Å². The molecule has 13 heteroatoms. The van der Waals surface area contributed by atoms with Gasteiger partial charge in [0.1, 0.15) is 24.0 Å². The number of carbonyl (C=O) groups excluding carboxylic acids is 1. The first-order valence-corrected chi connectivity index (χ1v) is 14.6. The van der Waals surface area contributed by atoms with Gasteiger partial charge in [0.05, 0.1) is 23.2 Å². The fourth-order valence-corrected chi connectivity index (χ4v) is 5.80. The summed E-state index contributed by atoms with van der Waals surface area (Å²) in [5.41, 5.74) is 1.71. The normalized spacial score (nSPS) is 12.5. The van der Waals surface area contributed by atoms with Crippen molar-refractivity contribution in [3.05, 3.63) is 92.9 Å². The van der Waals surface area contributed by atoms with Crippen LogP contribution in [0.5, 0.6) is 17.2 Å². The number of hydrogen-bond donors (Lipinski definition) is 0. The molecule has 0 unspecified atom stereocenters. The standard InChI is InChI=1S/C30H22ClN5O6S/c1-2-39-20-7-5-19(6-8-20)35-28(37)21-9-4-18(31)14-23(21)36-26(33-34-30(35)36)15-42-29(38)22-16-43-27(32-22)17-3-10-24-25(13-17)41-12-11-40-24/h3-10,13-14,16H,2,11-12,15H2,1H3. The molecule has 0 atom stereocenters. The number of nitrogens with zero attached hydrogens (tertiary/aromatic N) is 5. The quantitative estimate of drug-likeness (QED) is 0.219. The molecule has 3 aromatic heterocycles. The second-order valence-corrected chi connectivity index (χ2v) is 10.7. The Labute approximate surface area is 252 Å². The Bertz CT molecular complexity index is 2070. The van der Waals surface area contributed by atoms with E-state index >= 15 is 0 Å². The fourth-order valence-electron chi connectivity index (χ4n) is 4.85. The van der Waals surface area contributed by atoms with Gasteiger partial charge in [-0.2, -0.15) is 0 Å². The summed E-state index contributed by atoms with van der Waals surface area (Å²) < 4.78 is 25.5. The van der Waals surface area contributed by atoms with Gasteiger partial charge < -0.3 is 18.9 Å². The van der Waals surface area contributed by atoms with E-state index in [9.17, 15) is 9.59 Å². The summed E-state index contributed by atoms with van der Waals surface area (Å²) in [4.78, 5) is 31.1. The predicted octanol–water partition coefficient (Wildman–Crippen LogP) is 5.34. The molecule has 43 heavy (non-hydrogen) atoms. The lowest BCUT2D eigenvalue weighted by Crippen LogP contribution is -2.22. The summed E-state index contributed by atoms with van der Waals surface area (Å²) >= 11 is 7.62. The number of hydrogen-bond acceptors (Lipinski definition) is 10. The van der Waals surface area contributed by atoms with Crippen LogP contribution in [-0.2, 0) is 11.3 Å². The van der Waals surface area contributed by atoms with Crippen LogP contribution in [0, 0.1) is 0 Å². The zero-order valence-electron chi connectivity index (χ0n) is 22.7. The molecule has 4 heterocycles. The van der Waals surface area contributed by atoms with Gasteiger partial charge in [0, 0.05) is 16.0 Å². The Morgan fingerprint density at radius 2 is 1.84 bits per heavy atom. The molecule has 0 fully saturated rings. The van der Waals surface area contributed by atoms with E-state index < -0.39 is 5.97 Å². The second kappa shape index (κ2) is 11.0. The molecule has 0 amide bonds. The van der Waals surface area contributed by atoms with E-state index in [-0.39, 0.29) is 23.6 Å². The molecule has 0 spiro atoms. The SMILES string of the molecule is CCOc1ccc(-n2c(=O)c3ccc(Cl)cc3n3c(COC(=O)c4csc(-c5ccc6c(c5)OCCO6)n4)nnc23)cc1. The molecule has 0 saturated carbocycles. The third-order valence-corrected chi connectivity index (χ3v) is 7.91. The Morgan fingerprint density at radius 3 is 2.65 bits per heavy atom.